The zero-order valence-electron chi connectivity index (χ0n) is 16.3. The summed E-state index contributed by atoms with van der Waals surface area (Å²) in [6.07, 6.45) is -3.57. The number of carbonyl (C=O) groups excluding carboxylic acids is 2. The smallest absolute Gasteiger partial charge is 0.418 e. The maximum Gasteiger partial charge on any atom is 0.418 e. The minimum Gasteiger partial charge on any atom is -0.755 e. The average Bonchev–Trinajstić information content (AvgIpc) is 2.73. The summed E-state index contributed by atoms with van der Waals surface area (Å²) in [4.78, 5) is 31.7. The van der Waals surface area contributed by atoms with Gasteiger partial charge in [0.05, 0.1) is 5.56 Å². The van der Waals surface area contributed by atoms with Crippen molar-refractivity contribution in [1.82, 2.24) is 14.8 Å². The summed E-state index contributed by atoms with van der Waals surface area (Å²) in [5.74, 6) is -1.16. The number of aromatic nitrogens is 1. The number of rotatable bonds is 4. The van der Waals surface area contributed by atoms with Crippen molar-refractivity contribution in [2.24, 2.45) is 0 Å². The van der Waals surface area contributed by atoms with Crippen LogP contribution in [0.25, 0.3) is 0 Å². The van der Waals surface area contributed by atoms with Crippen LogP contribution in [0, 0.1) is 6.92 Å². The zero-order chi connectivity index (χ0) is 22.8. The Balaban J connectivity index is 1.67. The van der Waals surface area contributed by atoms with E-state index < -0.39 is 34.6 Å². The summed E-state index contributed by atoms with van der Waals surface area (Å²) >= 11 is -2.49. The molecule has 0 spiro atoms. The number of alkyl halides is 3. The third kappa shape index (κ3) is 5.20. The van der Waals surface area contributed by atoms with Crippen molar-refractivity contribution in [3.05, 3.63) is 58.9 Å². The highest BCUT2D eigenvalue weighted by Crippen LogP contribution is 2.31. The molecule has 0 bridgehead atoms. The first-order valence-corrected chi connectivity index (χ1v) is 10.2. The van der Waals surface area contributed by atoms with Gasteiger partial charge in [0, 0.05) is 54.9 Å². The second kappa shape index (κ2) is 9.02. The highest BCUT2D eigenvalue weighted by molar-refractivity contribution is 7.80. The molecule has 0 saturated carbocycles. The maximum atomic E-state index is 13.2. The Kier molecular flexibility index (Phi) is 6.60. The molecule has 166 valence electrons. The van der Waals surface area contributed by atoms with Crippen LogP contribution in [0.3, 0.4) is 0 Å². The molecular weight excluding hydrogens is 437 g/mol. The second-order valence-corrected chi connectivity index (χ2v) is 7.52. The minimum absolute atomic E-state index is 0.0617. The number of anilines is 1. The molecular formula is C19H18F3N4O4S-. The van der Waals surface area contributed by atoms with Gasteiger partial charge in [0.25, 0.3) is 11.8 Å². The van der Waals surface area contributed by atoms with E-state index in [1.165, 1.54) is 21.9 Å². The SMILES string of the molecule is Cc1cc(C(=O)N2CCN(C(=O)c3ncccc3C(F)(F)F)CC2)ccc1NS(=O)[O-]. The van der Waals surface area contributed by atoms with Gasteiger partial charge >= 0.3 is 6.18 Å². The van der Waals surface area contributed by atoms with Crippen LogP contribution >= 0.6 is 0 Å². The van der Waals surface area contributed by atoms with E-state index in [-0.39, 0.29) is 32.1 Å². The average molecular weight is 455 g/mol. The standard InChI is InChI=1S/C19H19F3N4O4S/c1-12-11-13(4-5-15(12)24-31(29)30)17(27)25-7-9-26(10-8-25)18(28)16-14(19(20,21)22)3-2-6-23-16/h2-6,11,24H,7-10H2,1H3,(H,29,30)/p-1. The van der Waals surface area contributed by atoms with Gasteiger partial charge in [-0.15, -0.1) is 0 Å². The minimum atomic E-state index is -4.70. The molecule has 2 aromatic rings. The Labute approximate surface area is 178 Å². The maximum absolute atomic E-state index is 13.2. The molecule has 1 aliphatic heterocycles. The summed E-state index contributed by atoms with van der Waals surface area (Å²) in [5.41, 5.74) is -0.524. The van der Waals surface area contributed by atoms with E-state index in [2.05, 4.69) is 9.71 Å². The van der Waals surface area contributed by atoms with Gasteiger partial charge in [-0.2, -0.15) is 13.2 Å². The molecule has 1 N–H and O–H groups in total. The third-order valence-electron chi connectivity index (χ3n) is 4.84. The van der Waals surface area contributed by atoms with E-state index in [4.69, 9.17) is 0 Å². The number of nitrogens with zero attached hydrogens (tertiary/aromatic N) is 3. The van der Waals surface area contributed by atoms with Crippen LogP contribution in [0.4, 0.5) is 18.9 Å². The number of carbonyl (C=O) groups is 2. The fourth-order valence-electron chi connectivity index (χ4n) is 3.25. The predicted molar refractivity (Wildman–Crippen MR) is 105 cm³/mol. The van der Waals surface area contributed by atoms with Crippen LogP contribution in [0.2, 0.25) is 0 Å². The molecule has 2 heterocycles. The van der Waals surface area contributed by atoms with Crippen molar-refractivity contribution >= 4 is 28.8 Å². The molecule has 1 unspecified atom stereocenters. The van der Waals surface area contributed by atoms with E-state index in [9.17, 15) is 31.5 Å². The normalized spacial score (nSPS) is 15.5. The Bertz CT molecular complexity index is 1020. The van der Waals surface area contributed by atoms with Crippen molar-refractivity contribution in [3.63, 3.8) is 0 Å². The Hall–Kier alpha value is -2.99. The first kappa shape index (κ1) is 22.7. The largest absolute Gasteiger partial charge is 0.755 e. The van der Waals surface area contributed by atoms with Crippen molar-refractivity contribution in [2.75, 3.05) is 30.9 Å². The van der Waals surface area contributed by atoms with Crippen LogP contribution in [0.5, 0.6) is 0 Å². The molecule has 0 aliphatic carbocycles. The van der Waals surface area contributed by atoms with Crippen molar-refractivity contribution < 1.29 is 31.5 Å². The van der Waals surface area contributed by atoms with Crippen LogP contribution < -0.4 is 4.72 Å². The molecule has 1 aliphatic rings. The lowest BCUT2D eigenvalue weighted by Gasteiger charge is -2.35. The lowest BCUT2D eigenvalue weighted by atomic mass is 10.1. The fourth-order valence-corrected chi connectivity index (χ4v) is 3.66. The molecule has 12 heteroatoms. The van der Waals surface area contributed by atoms with Gasteiger partial charge in [0.15, 0.2) is 0 Å². The molecule has 3 rings (SSSR count). The van der Waals surface area contributed by atoms with Crippen LogP contribution in [-0.4, -0.2) is 61.5 Å². The van der Waals surface area contributed by atoms with E-state index in [1.807, 2.05) is 0 Å². The highest BCUT2D eigenvalue weighted by atomic mass is 32.2. The zero-order valence-corrected chi connectivity index (χ0v) is 17.1. The number of hydrogen-bond donors (Lipinski definition) is 1. The number of nitrogens with one attached hydrogen (secondary N) is 1. The first-order chi connectivity index (χ1) is 14.6. The molecule has 2 amide bonds. The van der Waals surface area contributed by atoms with E-state index >= 15 is 0 Å². The Morgan fingerprint density at radius 3 is 2.26 bits per heavy atom. The van der Waals surface area contributed by atoms with E-state index in [1.54, 1.807) is 13.0 Å². The topological polar surface area (TPSA) is 106 Å². The Morgan fingerprint density at radius 1 is 1.10 bits per heavy atom. The number of hydrogen-bond acceptors (Lipinski definition) is 5. The Morgan fingerprint density at radius 2 is 1.71 bits per heavy atom. The summed E-state index contributed by atoms with van der Waals surface area (Å²) < 4.78 is 63.2. The fraction of sp³-hybridized carbons (Fsp3) is 0.316. The van der Waals surface area contributed by atoms with Crippen LogP contribution in [0.1, 0.15) is 32.0 Å². The molecule has 1 fully saturated rings. The summed E-state index contributed by atoms with van der Waals surface area (Å²) in [6, 6.07) is 6.42. The monoisotopic (exact) mass is 455 g/mol. The van der Waals surface area contributed by atoms with E-state index in [0.717, 1.165) is 18.3 Å². The molecule has 1 atom stereocenters. The van der Waals surface area contributed by atoms with Gasteiger partial charge in [0.2, 0.25) is 0 Å². The quantitative estimate of drug-likeness (QED) is 0.712. The van der Waals surface area contributed by atoms with Crippen molar-refractivity contribution in [3.8, 4) is 0 Å². The molecule has 1 saturated heterocycles. The van der Waals surface area contributed by atoms with Gasteiger partial charge in [-0.3, -0.25) is 18.8 Å². The summed E-state index contributed by atoms with van der Waals surface area (Å²) in [6.45, 7) is 2.05. The van der Waals surface area contributed by atoms with Crippen molar-refractivity contribution in [2.45, 2.75) is 13.1 Å². The summed E-state index contributed by atoms with van der Waals surface area (Å²) in [5, 5.41) is 0. The summed E-state index contributed by atoms with van der Waals surface area (Å²) in [7, 11) is 0. The van der Waals surface area contributed by atoms with Gasteiger partial charge in [-0.05, 0) is 42.8 Å². The molecule has 1 aromatic heterocycles. The number of amides is 2. The van der Waals surface area contributed by atoms with Gasteiger partial charge < -0.3 is 19.1 Å². The predicted octanol–water partition coefficient (Wildman–Crippen LogP) is 2.21. The lowest BCUT2D eigenvalue weighted by molar-refractivity contribution is -0.138. The van der Waals surface area contributed by atoms with Crippen LogP contribution in [0.15, 0.2) is 36.5 Å². The molecule has 31 heavy (non-hydrogen) atoms. The van der Waals surface area contributed by atoms with Crippen LogP contribution in [-0.2, 0) is 17.4 Å². The molecule has 1 aromatic carbocycles. The third-order valence-corrected chi connectivity index (χ3v) is 5.22. The second-order valence-electron chi connectivity index (χ2n) is 6.85. The number of pyridine rings is 1. The van der Waals surface area contributed by atoms with Gasteiger partial charge in [-0.1, -0.05) is 0 Å². The van der Waals surface area contributed by atoms with E-state index in [0.29, 0.717) is 16.8 Å². The number of halogens is 3. The first-order valence-electron chi connectivity index (χ1n) is 9.15. The molecule has 0 radical (unpaired) electrons. The number of piperazine rings is 1. The molecule has 8 nitrogen and oxygen atoms in total. The lowest BCUT2D eigenvalue weighted by Crippen LogP contribution is -2.51. The van der Waals surface area contributed by atoms with Gasteiger partial charge in [0.1, 0.15) is 5.69 Å². The van der Waals surface area contributed by atoms with Crippen molar-refractivity contribution in [1.29, 1.82) is 0 Å². The number of benzene rings is 1. The number of aryl methyl sites for hydroxylation is 1. The van der Waals surface area contributed by atoms with Gasteiger partial charge in [-0.25, -0.2) is 0 Å². The highest BCUT2D eigenvalue weighted by Gasteiger charge is 2.37.